The zero-order valence-electron chi connectivity index (χ0n) is 21.8. The molecule has 2 heterocycles. The summed E-state index contributed by atoms with van der Waals surface area (Å²) in [6.07, 6.45) is 0.950. The lowest BCUT2D eigenvalue weighted by molar-refractivity contribution is 0.293. The van der Waals surface area contributed by atoms with Crippen LogP contribution in [0.5, 0.6) is 17.2 Å². The Kier molecular flexibility index (Phi) is 8.21. The van der Waals surface area contributed by atoms with Crippen molar-refractivity contribution in [1.82, 2.24) is 10.3 Å². The fraction of sp³-hybridized carbons (Fsp3) is 0.188. The number of methoxy groups -OCH3 is 1. The Bertz CT molecular complexity index is 1650. The number of ether oxygens (including phenoxy) is 3. The summed E-state index contributed by atoms with van der Waals surface area (Å²) in [7, 11) is 1.69. The molecule has 40 heavy (non-hydrogen) atoms. The fourth-order valence-electron chi connectivity index (χ4n) is 5.23. The topological polar surface area (TPSA) is 55.5 Å². The molecule has 8 heteroatoms. The van der Waals surface area contributed by atoms with Gasteiger partial charge in [-0.1, -0.05) is 52.3 Å². The van der Waals surface area contributed by atoms with Crippen molar-refractivity contribution in [2.45, 2.75) is 25.7 Å². The van der Waals surface area contributed by atoms with Crippen LogP contribution in [-0.2, 0) is 19.6 Å². The van der Waals surface area contributed by atoms with Gasteiger partial charge in [-0.05, 0) is 97.4 Å². The monoisotopic (exact) mass is 724 g/mol. The van der Waals surface area contributed by atoms with Gasteiger partial charge in [-0.25, -0.2) is 0 Å². The molecule has 0 aliphatic carbocycles. The van der Waals surface area contributed by atoms with E-state index in [2.05, 4.69) is 94.5 Å². The lowest BCUT2D eigenvalue weighted by Crippen LogP contribution is -2.30. The molecule has 0 radical (unpaired) electrons. The molecule has 204 valence electrons. The number of fused-ring (bicyclic) bond motifs is 3. The van der Waals surface area contributed by atoms with Crippen molar-refractivity contribution in [1.29, 1.82) is 0 Å². The summed E-state index contributed by atoms with van der Waals surface area (Å²) < 4.78 is 20.8. The highest BCUT2D eigenvalue weighted by atomic mass is 79.9. The maximum atomic E-state index is 6.24. The third-order valence-electron chi connectivity index (χ3n) is 7.14. The van der Waals surface area contributed by atoms with E-state index in [1.54, 1.807) is 7.11 Å². The second-order valence-electron chi connectivity index (χ2n) is 9.69. The highest BCUT2D eigenvalue weighted by Gasteiger charge is 2.26. The first-order valence-electron chi connectivity index (χ1n) is 13.0. The second-order valence-corrected chi connectivity index (χ2v) is 12.3. The number of hydrogen-bond donors (Lipinski definition) is 2. The van der Waals surface area contributed by atoms with Crippen molar-refractivity contribution in [3.63, 3.8) is 0 Å². The Morgan fingerprint density at radius 1 is 0.850 bits per heavy atom. The van der Waals surface area contributed by atoms with E-state index in [1.807, 2.05) is 42.5 Å². The molecule has 1 aromatic heterocycles. The molecule has 1 aliphatic heterocycles. The largest absolute Gasteiger partial charge is 0.496 e. The summed E-state index contributed by atoms with van der Waals surface area (Å²) >= 11 is 10.7. The SMILES string of the molecule is COc1ccc([C@@H]2NCCc3c2[nH]c2ccc(OCc4ccccc4)cc32)cc1COc1c(Br)cc(Br)cc1Br. The minimum absolute atomic E-state index is 0.0284. The van der Waals surface area contributed by atoms with E-state index in [4.69, 9.17) is 14.2 Å². The van der Waals surface area contributed by atoms with Crippen molar-refractivity contribution >= 4 is 58.7 Å². The number of nitrogens with one attached hydrogen (secondary N) is 2. The van der Waals surface area contributed by atoms with Crippen LogP contribution in [0.25, 0.3) is 10.9 Å². The lowest BCUT2D eigenvalue weighted by Gasteiger charge is -2.26. The Morgan fingerprint density at radius 2 is 1.65 bits per heavy atom. The fourth-order valence-corrected chi connectivity index (χ4v) is 7.72. The summed E-state index contributed by atoms with van der Waals surface area (Å²) in [6.45, 7) is 1.80. The third-order valence-corrected chi connectivity index (χ3v) is 8.78. The predicted molar refractivity (Wildman–Crippen MR) is 169 cm³/mol. The Morgan fingerprint density at radius 3 is 2.42 bits per heavy atom. The average Bonchev–Trinajstić information content (AvgIpc) is 3.34. The smallest absolute Gasteiger partial charge is 0.148 e. The summed E-state index contributed by atoms with van der Waals surface area (Å²) in [5, 5.41) is 4.93. The molecule has 0 amide bonds. The number of rotatable bonds is 8. The highest BCUT2D eigenvalue weighted by Crippen LogP contribution is 2.39. The van der Waals surface area contributed by atoms with Gasteiger partial charge in [0.2, 0.25) is 0 Å². The van der Waals surface area contributed by atoms with E-state index in [1.165, 1.54) is 16.6 Å². The number of halogens is 3. The molecule has 1 atom stereocenters. The number of H-pyrrole nitrogens is 1. The molecule has 1 aliphatic rings. The van der Waals surface area contributed by atoms with Gasteiger partial charge >= 0.3 is 0 Å². The van der Waals surface area contributed by atoms with Crippen LogP contribution in [0.1, 0.15) is 34.0 Å². The minimum atomic E-state index is 0.0284. The molecular formula is C32H27Br3N2O3. The Hall–Kier alpha value is -2.78. The first-order chi connectivity index (χ1) is 19.5. The van der Waals surface area contributed by atoms with Crippen LogP contribution in [0.3, 0.4) is 0 Å². The lowest BCUT2D eigenvalue weighted by atomic mass is 9.93. The van der Waals surface area contributed by atoms with E-state index >= 15 is 0 Å². The third kappa shape index (κ3) is 5.68. The first-order valence-corrected chi connectivity index (χ1v) is 15.4. The molecular weight excluding hydrogens is 700 g/mol. The molecule has 0 fully saturated rings. The van der Waals surface area contributed by atoms with E-state index in [0.29, 0.717) is 13.2 Å². The standard InChI is InChI=1S/C32H27Br3N2O3/c1-38-29-10-7-20(13-21(29)18-40-32-26(34)14-22(33)15-27(32)35)30-31-24(11-12-36-30)25-16-23(8-9-28(25)37-31)39-17-19-5-3-2-4-6-19/h2-10,13-16,30,36-37H,11-12,17-18H2,1H3/t30-/m0/s1. The van der Waals surface area contributed by atoms with Crippen LogP contribution < -0.4 is 19.5 Å². The molecule has 2 N–H and O–H groups in total. The van der Waals surface area contributed by atoms with E-state index in [-0.39, 0.29) is 6.04 Å². The quantitative estimate of drug-likeness (QED) is 0.168. The van der Waals surface area contributed by atoms with Gasteiger partial charge in [-0.2, -0.15) is 0 Å². The second kappa shape index (κ2) is 12.0. The summed E-state index contributed by atoms with van der Waals surface area (Å²) in [4.78, 5) is 3.69. The average molecular weight is 727 g/mol. The van der Waals surface area contributed by atoms with Gasteiger partial charge in [0.15, 0.2) is 0 Å². The van der Waals surface area contributed by atoms with Crippen LogP contribution >= 0.6 is 47.8 Å². The van der Waals surface area contributed by atoms with Gasteiger partial charge in [0.25, 0.3) is 0 Å². The molecule has 0 unspecified atom stereocenters. The molecule has 4 aromatic carbocycles. The number of benzene rings is 4. The van der Waals surface area contributed by atoms with Crippen molar-refractivity contribution in [3.8, 4) is 17.2 Å². The van der Waals surface area contributed by atoms with Crippen molar-refractivity contribution in [3.05, 3.63) is 120 Å². The van der Waals surface area contributed by atoms with Crippen molar-refractivity contribution in [2.75, 3.05) is 13.7 Å². The molecule has 6 rings (SSSR count). The summed E-state index contributed by atoms with van der Waals surface area (Å²) in [5.74, 6) is 2.41. The number of aromatic nitrogens is 1. The maximum absolute atomic E-state index is 6.24. The van der Waals surface area contributed by atoms with Gasteiger partial charge in [-0.15, -0.1) is 0 Å². The molecule has 0 saturated heterocycles. The Balaban J connectivity index is 1.27. The van der Waals surface area contributed by atoms with E-state index < -0.39 is 0 Å². The molecule has 5 nitrogen and oxygen atoms in total. The number of hydrogen-bond acceptors (Lipinski definition) is 4. The van der Waals surface area contributed by atoms with Crippen LogP contribution in [0.2, 0.25) is 0 Å². The zero-order chi connectivity index (χ0) is 27.6. The van der Waals surface area contributed by atoms with Gasteiger partial charge in [-0.3, -0.25) is 0 Å². The maximum Gasteiger partial charge on any atom is 0.148 e. The zero-order valence-corrected chi connectivity index (χ0v) is 26.5. The summed E-state index contributed by atoms with van der Waals surface area (Å²) in [5.41, 5.74) is 6.93. The first kappa shape index (κ1) is 27.4. The molecule has 0 spiro atoms. The normalized spacial score (nSPS) is 14.7. The van der Waals surface area contributed by atoms with E-state index in [0.717, 1.165) is 65.8 Å². The van der Waals surface area contributed by atoms with Crippen LogP contribution in [0, 0.1) is 0 Å². The highest BCUT2D eigenvalue weighted by molar-refractivity contribution is 9.11. The van der Waals surface area contributed by atoms with Crippen molar-refractivity contribution < 1.29 is 14.2 Å². The van der Waals surface area contributed by atoms with Gasteiger partial charge in [0, 0.05) is 33.2 Å². The van der Waals surface area contributed by atoms with Gasteiger partial charge in [0.1, 0.15) is 30.5 Å². The molecule has 5 aromatic rings. The van der Waals surface area contributed by atoms with Gasteiger partial charge < -0.3 is 24.5 Å². The molecule has 0 saturated carbocycles. The minimum Gasteiger partial charge on any atom is -0.496 e. The predicted octanol–water partition coefficient (Wildman–Crippen LogP) is 8.86. The van der Waals surface area contributed by atoms with Crippen LogP contribution in [-0.4, -0.2) is 18.6 Å². The molecule has 0 bridgehead atoms. The summed E-state index contributed by atoms with van der Waals surface area (Å²) in [6, 6.07) is 26.9. The van der Waals surface area contributed by atoms with Crippen molar-refractivity contribution in [2.24, 2.45) is 0 Å². The Labute approximate surface area is 258 Å². The van der Waals surface area contributed by atoms with E-state index in [9.17, 15) is 0 Å². The van der Waals surface area contributed by atoms with Crippen LogP contribution in [0.15, 0.2) is 92.3 Å². The van der Waals surface area contributed by atoms with Crippen LogP contribution in [0.4, 0.5) is 0 Å². The van der Waals surface area contributed by atoms with Gasteiger partial charge in [0.05, 0.1) is 22.1 Å². The number of aromatic amines is 1.